The van der Waals surface area contributed by atoms with Gasteiger partial charge in [0.05, 0.1) is 5.56 Å². The van der Waals surface area contributed by atoms with Crippen molar-refractivity contribution in [3.05, 3.63) is 29.3 Å². The zero-order chi connectivity index (χ0) is 14.1. The molecule has 0 radical (unpaired) electrons. The summed E-state index contributed by atoms with van der Waals surface area (Å²) in [6.07, 6.45) is 4.30. The average Bonchev–Trinajstić information content (AvgIpc) is 2.47. The third-order valence-electron chi connectivity index (χ3n) is 4.65. The Morgan fingerprint density at radius 2 is 2.00 bits per heavy atom. The smallest absolute Gasteiger partial charge is 0.336 e. The van der Waals surface area contributed by atoms with Gasteiger partial charge in [-0.05, 0) is 63.5 Å². The van der Waals surface area contributed by atoms with Crippen LogP contribution in [0.15, 0.2) is 18.2 Å². The van der Waals surface area contributed by atoms with E-state index in [0.29, 0.717) is 11.6 Å². The van der Waals surface area contributed by atoms with Gasteiger partial charge >= 0.3 is 5.97 Å². The summed E-state index contributed by atoms with van der Waals surface area (Å²) in [5, 5.41) is 9.35. The molecule has 1 N–H and O–H groups in total. The minimum atomic E-state index is -0.799. The van der Waals surface area contributed by atoms with Crippen molar-refractivity contribution in [2.75, 3.05) is 31.6 Å². The van der Waals surface area contributed by atoms with E-state index in [1.165, 1.54) is 12.8 Å². The number of anilines is 1. The molecule has 0 atom stereocenters. The molecule has 0 amide bonds. The lowest BCUT2D eigenvalue weighted by Crippen LogP contribution is -2.46. The molecule has 20 heavy (non-hydrogen) atoms. The standard InChI is InChI=1S/C16H22N2O2/c1-17-10-7-12(8-11-17)18-9-3-5-13-14(16(19)20)4-2-6-15(13)18/h2,4,6,12H,3,5,7-11H2,1H3,(H,19,20). The van der Waals surface area contributed by atoms with Gasteiger partial charge in [0, 0.05) is 18.3 Å². The fourth-order valence-corrected chi connectivity index (χ4v) is 3.54. The van der Waals surface area contributed by atoms with Gasteiger partial charge in [-0.15, -0.1) is 0 Å². The van der Waals surface area contributed by atoms with E-state index in [9.17, 15) is 9.90 Å². The predicted octanol–water partition coefficient (Wildman–Crippen LogP) is 2.23. The van der Waals surface area contributed by atoms with Crippen molar-refractivity contribution in [1.29, 1.82) is 0 Å². The molecule has 1 aromatic rings. The molecule has 2 aliphatic heterocycles. The lowest BCUT2D eigenvalue weighted by Gasteiger charge is -2.42. The number of benzene rings is 1. The summed E-state index contributed by atoms with van der Waals surface area (Å²) in [5.41, 5.74) is 2.68. The van der Waals surface area contributed by atoms with Crippen molar-refractivity contribution in [2.45, 2.75) is 31.7 Å². The van der Waals surface area contributed by atoms with Gasteiger partial charge in [-0.1, -0.05) is 6.07 Å². The molecule has 0 unspecified atom stereocenters. The van der Waals surface area contributed by atoms with Gasteiger partial charge in [-0.3, -0.25) is 0 Å². The average molecular weight is 274 g/mol. The molecule has 1 aromatic carbocycles. The molecule has 0 aliphatic carbocycles. The van der Waals surface area contributed by atoms with Crippen LogP contribution >= 0.6 is 0 Å². The lowest BCUT2D eigenvalue weighted by atomic mass is 9.93. The molecule has 0 bridgehead atoms. The van der Waals surface area contributed by atoms with Crippen LogP contribution in [-0.2, 0) is 6.42 Å². The molecule has 1 fully saturated rings. The van der Waals surface area contributed by atoms with Crippen LogP contribution < -0.4 is 4.90 Å². The summed E-state index contributed by atoms with van der Waals surface area (Å²) < 4.78 is 0. The maximum Gasteiger partial charge on any atom is 0.336 e. The van der Waals surface area contributed by atoms with Gasteiger partial charge in [0.25, 0.3) is 0 Å². The van der Waals surface area contributed by atoms with Crippen molar-refractivity contribution < 1.29 is 9.90 Å². The second kappa shape index (κ2) is 5.44. The van der Waals surface area contributed by atoms with E-state index >= 15 is 0 Å². The Morgan fingerprint density at radius 3 is 2.70 bits per heavy atom. The maximum absolute atomic E-state index is 11.4. The number of hydrogen-bond acceptors (Lipinski definition) is 3. The fourth-order valence-electron chi connectivity index (χ4n) is 3.54. The molecule has 108 valence electrons. The number of carboxylic acid groups (broad SMARTS) is 1. The quantitative estimate of drug-likeness (QED) is 0.898. The van der Waals surface area contributed by atoms with E-state index in [2.05, 4.69) is 22.9 Å². The van der Waals surface area contributed by atoms with Crippen LogP contribution in [0.3, 0.4) is 0 Å². The third kappa shape index (κ3) is 2.40. The van der Waals surface area contributed by atoms with Crippen molar-refractivity contribution in [1.82, 2.24) is 4.90 Å². The molecule has 0 spiro atoms. The SMILES string of the molecule is CN1CCC(N2CCCc3c(C(=O)O)cccc32)CC1. The lowest BCUT2D eigenvalue weighted by molar-refractivity contribution is 0.0695. The first kappa shape index (κ1) is 13.4. The summed E-state index contributed by atoms with van der Waals surface area (Å²) >= 11 is 0. The number of likely N-dealkylation sites (tertiary alicyclic amines) is 1. The van der Waals surface area contributed by atoms with E-state index in [-0.39, 0.29) is 0 Å². The number of carbonyl (C=O) groups is 1. The third-order valence-corrected chi connectivity index (χ3v) is 4.65. The van der Waals surface area contributed by atoms with Crippen molar-refractivity contribution in [3.8, 4) is 0 Å². The molecule has 3 rings (SSSR count). The maximum atomic E-state index is 11.4. The zero-order valence-corrected chi connectivity index (χ0v) is 12.0. The molecular formula is C16H22N2O2. The molecule has 0 aromatic heterocycles. The van der Waals surface area contributed by atoms with E-state index < -0.39 is 5.97 Å². The zero-order valence-electron chi connectivity index (χ0n) is 12.0. The van der Waals surface area contributed by atoms with E-state index in [4.69, 9.17) is 0 Å². The number of fused-ring (bicyclic) bond motifs is 1. The molecule has 4 heteroatoms. The highest BCUT2D eigenvalue weighted by molar-refractivity contribution is 5.91. The van der Waals surface area contributed by atoms with Gasteiger partial charge in [0.2, 0.25) is 0 Å². The van der Waals surface area contributed by atoms with Crippen molar-refractivity contribution in [3.63, 3.8) is 0 Å². The Kier molecular flexibility index (Phi) is 3.66. The van der Waals surface area contributed by atoms with Crippen molar-refractivity contribution in [2.24, 2.45) is 0 Å². The van der Waals surface area contributed by atoms with Crippen LogP contribution in [0, 0.1) is 0 Å². The predicted molar refractivity (Wildman–Crippen MR) is 79.6 cm³/mol. The Bertz CT molecular complexity index is 507. The monoisotopic (exact) mass is 274 g/mol. The minimum absolute atomic E-state index is 0.486. The first-order chi connectivity index (χ1) is 9.66. The van der Waals surface area contributed by atoms with Gasteiger partial charge in [0.1, 0.15) is 0 Å². The Hall–Kier alpha value is -1.55. The summed E-state index contributed by atoms with van der Waals surface area (Å²) in [5.74, 6) is -0.799. The highest BCUT2D eigenvalue weighted by atomic mass is 16.4. The summed E-state index contributed by atoms with van der Waals surface area (Å²) in [7, 11) is 2.17. The number of rotatable bonds is 2. The summed E-state index contributed by atoms with van der Waals surface area (Å²) in [6, 6.07) is 6.28. The first-order valence-corrected chi connectivity index (χ1v) is 7.47. The van der Waals surface area contributed by atoms with Crippen LogP contribution in [0.5, 0.6) is 0 Å². The number of piperidine rings is 1. The highest BCUT2D eigenvalue weighted by Gasteiger charge is 2.28. The molecular weight excluding hydrogens is 252 g/mol. The van der Waals surface area contributed by atoms with Crippen LogP contribution in [0.2, 0.25) is 0 Å². The molecule has 2 aliphatic rings. The minimum Gasteiger partial charge on any atom is -0.478 e. The van der Waals surface area contributed by atoms with Crippen LogP contribution in [0.25, 0.3) is 0 Å². The summed E-state index contributed by atoms with van der Waals surface area (Å²) in [6.45, 7) is 3.33. The van der Waals surface area contributed by atoms with Gasteiger partial charge in [-0.2, -0.15) is 0 Å². The Labute approximate surface area is 120 Å². The normalized spacial score (nSPS) is 20.8. The fraction of sp³-hybridized carbons (Fsp3) is 0.562. The van der Waals surface area contributed by atoms with Gasteiger partial charge in [-0.25, -0.2) is 4.79 Å². The van der Waals surface area contributed by atoms with Crippen LogP contribution in [0.1, 0.15) is 35.2 Å². The first-order valence-electron chi connectivity index (χ1n) is 7.47. The van der Waals surface area contributed by atoms with Crippen LogP contribution in [0.4, 0.5) is 5.69 Å². The second-order valence-electron chi connectivity index (χ2n) is 5.94. The topological polar surface area (TPSA) is 43.8 Å². The largest absolute Gasteiger partial charge is 0.478 e. The second-order valence-corrected chi connectivity index (χ2v) is 5.94. The van der Waals surface area contributed by atoms with E-state index in [1.54, 1.807) is 6.07 Å². The Balaban J connectivity index is 1.90. The molecule has 4 nitrogen and oxygen atoms in total. The molecule has 2 heterocycles. The number of hydrogen-bond donors (Lipinski definition) is 1. The van der Waals surface area contributed by atoms with E-state index in [1.807, 2.05) is 6.07 Å². The van der Waals surface area contributed by atoms with Crippen molar-refractivity contribution >= 4 is 11.7 Å². The Morgan fingerprint density at radius 1 is 1.25 bits per heavy atom. The number of nitrogens with zero attached hydrogens (tertiary/aromatic N) is 2. The van der Waals surface area contributed by atoms with Crippen LogP contribution in [-0.4, -0.2) is 48.7 Å². The number of carboxylic acids is 1. The molecule has 1 saturated heterocycles. The van der Waals surface area contributed by atoms with Gasteiger partial charge in [0.15, 0.2) is 0 Å². The highest BCUT2D eigenvalue weighted by Crippen LogP contribution is 2.33. The van der Waals surface area contributed by atoms with Gasteiger partial charge < -0.3 is 14.9 Å². The number of aromatic carboxylic acids is 1. The summed E-state index contributed by atoms with van der Waals surface area (Å²) in [4.78, 5) is 16.2. The molecule has 0 saturated carbocycles. The van der Waals surface area contributed by atoms with E-state index in [0.717, 1.165) is 43.7 Å².